The molecule has 0 N–H and O–H groups in total. The van der Waals surface area contributed by atoms with Crippen molar-refractivity contribution in [3.05, 3.63) is 41.0 Å². The van der Waals surface area contributed by atoms with Gasteiger partial charge in [0.15, 0.2) is 0 Å². The van der Waals surface area contributed by atoms with Crippen LogP contribution in [-0.2, 0) is 0 Å². The van der Waals surface area contributed by atoms with Crippen LogP contribution < -0.4 is 0 Å². The van der Waals surface area contributed by atoms with Gasteiger partial charge in [-0.2, -0.15) is 0 Å². The van der Waals surface area contributed by atoms with E-state index in [9.17, 15) is 0 Å². The predicted octanol–water partition coefficient (Wildman–Crippen LogP) is 4.65. The lowest BCUT2D eigenvalue weighted by molar-refractivity contribution is 0.697. The van der Waals surface area contributed by atoms with Gasteiger partial charge in [0.05, 0.1) is 8.80 Å². The third-order valence-electron chi connectivity index (χ3n) is 3.60. The molecule has 0 aromatic heterocycles. The summed E-state index contributed by atoms with van der Waals surface area (Å²) in [4.78, 5) is 0. The predicted molar refractivity (Wildman–Crippen MR) is 74.2 cm³/mol. The van der Waals surface area contributed by atoms with Crippen molar-refractivity contribution < 1.29 is 0 Å². The second kappa shape index (κ2) is 4.58. The smallest absolute Gasteiger partial charge is 0.0671 e. The standard InChI is InChI=1S/C15H21Si/c1-5-8-12-11(2)15(16(3)4)14-10-7-6-9-13(12)14/h6-7,9-10,12H,5,8H2,1-4H3. The maximum Gasteiger partial charge on any atom is 0.0799 e. The second-order valence-electron chi connectivity index (χ2n) is 4.99. The van der Waals surface area contributed by atoms with E-state index in [4.69, 9.17) is 0 Å². The monoisotopic (exact) mass is 229 g/mol. The fourth-order valence-electron chi connectivity index (χ4n) is 2.97. The summed E-state index contributed by atoms with van der Waals surface area (Å²) in [7, 11) is -0.344. The minimum Gasteiger partial charge on any atom is -0.0671 e. The highest BCUT2D eigenvalue weighted by atomic mass is 28.3. The number of fused-ring (bicyclic) bond motifs is 1. The fourth-order valence-corrected chi connectivity index (χ4v) is 4.70. The van der Waals surface area contributed by atoms with Gasteiger partial charge < -0.3 is 0 Å². The Balaban J connectivity index is 2.51. The summed E-state index contributed by atoms with van der Waals surface area (Å²) < 4.78 is 0. The van der Waals surface area contributed by atoms with Gasteiger partial charge in [-0.25, -0.2) is 0 Å². The molecule has 0 saturated heterocycles. The molecular formula is C15H21Si. The first-order chi connectivity index (χ1) is 7.66. The van der Waals surface area contributed by atoms with Crippen LogP contribution in [0.4, 0.5) is 0 Å². The third kappa shape index (κ3) is 1.78. The average molecular weight is 229 g/mol. The Morgan fingerprint density at radius 3 is 2.50 bits per heavy atom. The molecule has 1 aromatic carbocycles. The van der Waals surface area contributed by atoms with E-state index in [0.29, 0.717) is 5.92 Å². The van der Waals surface area contributed by atoms with Crippen molar-refractivity contribution in [2.75, 3.05) is 0 Å². The molecule has 16 heavy (non-hydrogen) atoms. The van der Waals surface area contributed by atoms with Gasteiger partial charge in [-0.05, 0) is 24.5 Å². The fraction of sp³-hybridized carbons (Fsp3) is 0.467. The Bertz CT molecular complexity index is 415. The van der Waals surface area contributed by atoms with Crippen LogP contribution in [0.5, 0.6) is 0 Å². The summed E-state index contributed by atoms with van der Waals surface area (Å²) in [6, 6.07) is 9.03. The second-order valence-corrected chi connectivity index (χ2v) is 7.49. The minimum atomic E-state index is -0.344. The normalized spacial score (nSPS) is 19.4. The van der Waals surface area contributed by atoms with Crippen molar-refractivity contribution in [3.63, 3.8) is 0 Å². The van der Waals surface area contributed by atoms with Crippen molar-refractivity contribution in [3.8, 4) is 0 Å². The highest BCUT2D eigenvalue weighted by Gasteiger charge is 2.28. The van der Waals surface area contributed by atoms with Crippen LogP contribution in [0.2, 0.25) is 13.1 Å². The van der Waals surface area contributed by atoms with E-state index in [1.807, 2.05) is 0 Å². The maximum atomic E-state index is 2.41. The molecule has 1 aliphatic rings. The largest absolute Gasteiger partial charge is 0.0799 e. The van der Waals surface area contributed by atoms with E-state index in [1.54, 1.807) is 21.9 Å². The van der Waals surface area contributed by atoms with Gasteiger partial charge >= 0.3 is 0 Å². The summed E-state index contributed by atoms with van der Waals surface area (Å²) in [6.07, 6.45) is 2.58. The Labute approximate surface area is 101 Å². The lowest BCUT2D eigenvalue weighted by atomic mass is 9.92. The van der Waals surface area contributed by atoms with E-state index in [-0.39, 0.29) is 8.80 Å². The Morgan fingerprint density at radius 1 is 1.19 bits per heavy atom. The van der Waals surface area contributed by atoms with E-state index < -0.39 is 0 Å². The van der Waals surface area contributed by atoms with Crippen LogP contribution in [0.25, 0.3) is 5.20 Å². The molecule has 0 saturated carbocycles. The zero-order valence-corrected chi connectivity index (χ0v) is 11.8. The zero-order chi connectivity index (χ0) is 11.7. The highest BCUT2D eigenvalue weighted by Crippen LogP contribution is 2.44. The van der Waals surface area contributed by atoms with E-state index >= 15 is 0 Å². The Morgan fingerprint density at radius 2 is 1.88 bits per heavy atom. The molecule has 1 aromatic rings. The van der Waals surface area contributed by atoms with Crippen LogP contribution >= 0.6 is 0 Å². The molecule has 85 valence electrons. The number of rotatable bonds is 3. The third-order valence-corrected chi connectivity index (χ3v) is 5.26. The molecule has 0 fully saturated rings. The summed E-state index contributed by atoms with van der Waals surface area (Å²) in [5, 5.41) is 1.69. The molecule has 2 rings (SSSR count). The lowest BCUT2D eigenvalue weighted by Gasteiger charge is -2.12. The molecule has 1 radical (unpaired) electrons. The lowest BCUT2D eigenvalue weighted by Crippen LogP contribution is -2.04. The number of benzene rings is 1. The Hall–Kier alpha value is -0.823. The van der Waals surface area contributed by atoms with Crippen LogP contribution in [-0.4, -0.2) is 8.80 Å². The minimum absolute atomic E-state index is 0.344. The summed E-state index contributed by atoms with van der Waals surface area (Å²) in [6.45, 7) is 9.47. The van der Waals surface area contributed by atoms with Crippen LogP contribution in [0.3, 0.4) is 0 Å². The van der Waals surface area contributed by atoms with Gasteiger partial charge in [0.2, 0.25) is 0 Å². The molecule has 0 aliphatic heterocycles. The van der Waals surface area contributed by atoms with Crippen molar-refractivity contribution in [1.82, 2.24) is 0 Å². The van der Waals surface area contributed by atoms with Crippen molar-refractivity contribution in [2.45, 2.75) is 45.7 Å². The number of hydrogen-bond donors (Lipinski definition) is 0. The van der Waals surface area contributed by atoms with Gasteiger partial charge in [0.25, 0.3) is 0 Å². The van der Waals surface area contributed by atoms with Crippen molar-refractivity contribution >= 4 is 14.0 Å². The molecule has 1 aliphatic carbocycles. The SMILES string of the molecule is CCCC1C(C)=C([Si](C)C)c2ccccc21. The molecule has 0 bridgehead atoms. The van der Waals surface area contributed by atoms with E-state index in [0.717, 1.165) is 0 Å². The first kappa shape index (κ1) is 11.7. The number of allylic oxidation sites excluding steroid dienone is 1. The summed E-state index contributed by atoms with van der Waals surface area (Å²) in [5.74, 6) is 0.705. The van der Waals surface area contributed by atoms with Gasteiger partial charge in [-0.15, -0.1) is 0 Å². The van der Waals surface area contributed by atoms with E-state index in [2.05, 4.69) is 51.2 Å². The molecule has 1 unspecified atom stereocenters. The molecule has 1 atom stereocenters. The maximum absolute atomic E-state index is 2.41. The molecule has 0 nitrogen and oxygen atoms in total. The first-order valence-electron chi connectivity index (χ1n) is 6.27. The van der Waals surface area contributed by atoms with Gasteiger partial charge in [0.1, 0.15) is 0 Å². The van der Waals surface area contributed by atoms with Crippen molar-refractivity contribution in [1.29, 1.82) is 0 Å². The first-order valence-corrected chi connectivity index (χ1v) is 8.77. The molecular weight excluding hydrogens is 208 g/mol. The summed E-state index contributed by atoms with van der Waals surface area (Å²) in [5.41, 5.74) is 4.79. The van der Waals surface area contributed by atoms with E-state index in [1.165, 1.54) is 12.8 Å². The van der Waals surface area contributed by atoms with Crippen LogP contribution in [0.1, 0.15) is 43.7 Å². The molecule has 0 heterocycles. The van der Waals surface area contributed by atoms with Gasteiger partial charge in [0, 0.05) is 5.92 Å². The molecule has 1 heteroatoms. The molecule has 0 spiro atoms. The summed E-state index contributed by atoms with van der Waals surface area (Å²) >= 11 is 0. The molecule has 0 amide bonds. The number of hydrogen-bond acceptors (Lipinski definition) is 0. The van der Waals surface area contributed by atoms with Crippen LogP contribution in [0.15, 0.2) is 29.8 Å². The quantitative estimate of drug-likeness (QED) is 0.662. The highest BCUT2D eigenvalue weighted by molar-refractivity contribution is 6.77. The zero-order valence-electron chi connectivity index (χ0n) is 10.8. The van der Waals surface area contributed by atoms with Crippen molar-refractivity contribution in [2.24, 2.45) is 0 Å². The van der Waals surface area contributed by atoms with Gasteiger partial charge in [-0.1, -0.05) is 61.5 Å². The Kier molecular flexibility index (Phi) is 3.34. The topological polar surface area (TPSA) is 0 Å². The average Bonchev–Trinajstić information content (AvgIpc) is 2.53. The van der Waals surface area contributed by atoms with Gasteiger partial charge in [-0.3, -0.25) is 0 Å². The van der Waals surface area contributed by atoms with Crippen LogP contribution in [0, 0.1) is 0 Å².